The molecule has 5 rings (SSSR count). The molecule has 1 amide bonds. The van der Waals surface area contributed by atoms with Crippen molar-refractivity contribution in [1.82, 2.24) is 15.1 Å². The minimum Gasteiger partial charge on any atom is -0.489 e. The van der Waals surface area contributed by atoms with Gasteiger partial charge >= 0.3 is 0 Å². The first-order valence-electron chi connectivity index (χ1n) is 11.3. The number of amides is 1. The number of nitrogens with one attached hydrogen (secondary N) is 3. The van der Waals surface area contributed by atoms with Gasteiger partial charge in [-0.25, -0.2) is 4.39 Å². The van der Waals surface area contributed by atoms with Gasteiger partial charge in [-0.15, -0.1) is 0 Å². The summed E-state index contributed by atoms with van der Waals surface area (Å²) in [5, 5.41) is 13.8. The topological polar surface area (TPSA) is 82.3 Å². The summed E-state index contributed by atoms with van der Waals surface area (Å²) in [6, 6.07) is 19.1. The highest BCUT2D eigenvalue weighted by atomic mass is 19.1. The van der Waals surface area contributed by atoms with Gasteiger partial charge in [-0.3, -0.25) is 9.89 Å². The van der Waals surface area contributed by atoms with Crippen LogP contribution in [0.2, 0.25) is 0 Å². The molecular formula is C26H26FN5O2. The zero-order valence-corrected chi connectivity index (χ0v) is 18.8. The molecule has 2 heterocycles. The molecule has 8 heteroatoms. The molecule has 0 radical (unpaired) electrons. The van der Waals surface area contributed by atoms with Crippen LogP contribution in [0.4, 0.5) is 21.6 Å². The van der Waals surface area contributed by atoms with Gasteiger partial charge in [-0.05, 0) is 81.0 Å². The number of benzene rings is 3. The highest BCUT2D eigenvalue weighted by molar-refractivity contribution is 6.08. The number of carbonyl (C=O) groups excluding carboxylic acids is 1. The van der Waals surface area contributed by atoms with Crippen molar-refractivity contribution in [2.75, 3.05) is 30.8 Å². The van der Waals surface area contributed by atoms with E-state index in [1.165, 1.54) is 6.07 Å². The van der Waals surface area contributed by atoms with E-state index in [-0.39, 0.29) is 17.8 Å². The molecule has 174 valence electrons. The number of H-pyrrole nitrogens is 1. The molecule has 0 unspecified atom stereocenters. The second-order valence-electron chi connectivity index (χ2n) is 8.56. The normalized spacial score (nSPS) is 16.4. The fourth-order valence-electron chi connectivity index (χ4n) is 4.18. The van der Waals surface area contributed by atoms with Gasteiger partial charge in [-0.2, -0.15) is 5.10 Å². The molecule has 0 spiro atoms. The van der Waals surface area contributed by atoms with Gasteiger partial charge in [0.2, 0.25) is 0 Å². The van der Waals surface area contributed by atoms with Crippen molar-refractivity contribution in [2.24, 2.45) is 0 Å². The maximum Gasteiger partial charge on any atom is 0.256 e. The van der Waals surface area contributed by atoms with E-state index in [1.54, 1.807) is 30.3 Å². The summed E-state index contributed by atoms with van der Waals surface area (Å²) >= 11 is 0. The first kappa shape index (κ1) is 21.9. The second-order valence-corrected chi connectivity index (χ2v) is 8.56. The Hall–Kier alpha value is -3.91. The number of carbonyl (C=O) groups is 1. The van der Waals surface area contributed by atoms with Crippen LogP contribution in [-0.4, -0.2) is 47.2 Å². The van der Waals surface area contributed by atoms with E-state index in [9.17, 15) is 9.18 Å². The predicted molar refractivity (Wildman–Crippen MR) is 131 cm³/mol. The van der Waals surface area contributed by atoms with Crippen LogP contribution in [-0.2, 0) is 0 Å². The van der Waals surface area contributed by atoms with E-state index in [0.29, 0.717) is 22.8 Å². The number of aromatic nitrogens is 2. The van der Waals surface area contributed by atoms with Crippen LogP contribution >= 0.6 is 0 Å². The van der Waals surface area contributed by atoms with Crippen LogP contribution in [0.3, 0.4) is 0 Å². The van der Waals surface area contributed by atoms with Crippen LogP contribution in [0, 0.1) is 5.82 Å². The summed E-state index contributed by atoms with van der Waals surface area (Å²) in [6.45, 7) is 2.01. The van der Waals surface area contributed by atoms with Crippen LogP contribution < -0.4 is 15.4 Å². The molecule has 0 saturated carbocycles. The van der Waals surface area contributed by atoms with E-state index in [2.05, 4.69) is 32.8 Å². The molecule has 0 bridgehead atoms. The number of halogens is 1. The van der Waals surface area contributed by atoms with Gasteiger partial charge in [0.1, 0.15) is 17.7 Å². The van der Waals surface area contributed by atoms with Gasteiger partial charge in [0.15, 0.2) is 5.82 Å². The smallest absolute Gasteiger partial charge is 0.256 e. The monoisotopic (exact) mass is 459 g/mol. The van der Waals surface area contributed by atoms with Crippen molar-refractivity contribution in [2.45, 2.75) is 18.9 Å². The molecule has 1 aliphatic rings. The van der Waals surface area contributed by atoms with Crippen molar-refractivity contribution in [3.05, 3.63) is 78.1 Å². The molecule has 1 fully saturated rings. The minimum atomic E-state index is -0.331. The number of hydrogen-bond acceptors (Lipinski definition) is 5. The predicted octanol–water partition coefficient (Wildman–Crippen LogP) is 5.17. The molecular weight excluding hydrogens is 433 g/mol. The molecule has 3 N–H and O–H groups in total. The van der Waals surface area contributed by atoms with Crippen molar-refractivity contribution in [1.29, 1.82) is 0 Å². The Morgan fingerprint density at radius 3 is 2.76 bits per heavy atom. The lowest BCUT2D eigenvalue weighted by Gasteiger charge is -2.30. The number of para-hydroxylation sites is 1. The zero-order chi connectivity index (χ0) is 23.5. The zero-order valence-electron chi connectivity index (χ0n) is 18.8. The number of ether oxygens (including phenoxy) is 1. The minimum absolute atomic E-state index is 0.173. The number of likely N-dealkylation sites (tertiary alicyclic amines) is 1. The molecule has 1 aromatic heterocycles. The summed E-state index contributed by atoms with van der Waals surface area (Å²) < 4.78 is 20.0. The van der Waals surface area contributed by atoms with Gasteiger partial charge < -0.3 is 20.3 Å². The Balaban J connectivity index is 1.25. The number of fused-ring (bicyclic) bond motifs is 1. The summed E-state index contributed by atoms with van der Waals surface area (Å²) in [5.74, 6) is 0.605. The SMILES string of the molecule is CN1CCC[C@@H](Oc2ccc(C(=O)Nc3n[nH]c4cc(Nc5ccccc5F)ccc34)cc2)C1. The number of likely N-dealkylation sites (N-methyl/N-ethyl adjacent to an activating group) is 1. The third-order valence-electron chi connectivity index (χ3n) is 5.95. The maximum absolute atomic E-state index is 13.9. The number of aromatic amines is 1. The van der Waals surface area contributed by atoms with Crippen molar-refractivity contribution < 1.29 is 13.9 Å². The van der Waals surface area contributed by atoms with Crippen LogP contribution in [0.25, 0.3) is 10.9 Å². The summed E-state index contributed by atoms with van der Waals surface area (Å²) in [5.41, 5.74) is 2.33. The van der Waals surface area contributed by atoms with Crippen LogP contribution in [0.1, 0.15) is 23.2 Å². The molecule has 7 nitrogen and oxygen atoms in total. The van der Waals surface area contributed by atoms with E-state index < -0.39 is 0 Å². The van der Waals surface area contributed by atoms with Crippen molar-refractivity contribution >= 4 is 34.0 Å². The number of rotatable bonds is 6. The van der Waals surface area contributed by atoms with Gasteiger partial charge in [0.25, 0.3) is 5.91 Å². The van der Waals surface area contributed by atoms with Gasteiger partial charge in [0, 0.05) is 23.2 Å². The number of anilines is 3. The lowest BCUT2D eigenvalue weighted by molar-refractivity contribution is 0.102. The Morgan fingerprint density at radius 2 is 1.97 bits per heavy atom. The molecule has 1 aliphatic heterocycles. The van der Waals surface area contributed by atoms with Gasteiger partial charge in [0.05, 0.1) is 11.2 Å². The van der Waals surface area contributed by atoms with E-state index in [4.69, 9.17) is 4.74 Å². The van der Waals surface area contributed by atoms with E-state index >= 15 is 0 Å². The molecule has 34 heavy (non-hydrogen) atoms. The lowest BCUT2D eigenvalue weighted by atomic mass is 10.1. The Morgan fingerprint density at radius 1 is 1.15 bits per heavy atom. The highest BCUT2D eigenvalue weighted by Gasteiger charge is 2.19. The molecule has 0 aliphatic carbocycles. The highest BCUT2D eigenvalue weighted by Crippen LogP contribution is 2.27. The average Bonchev–Trinajstić information content (AvgIpc) is 3.23. The first-order valence-corrected chi connectivity index (χ1v) is 11.3. The Bertz CT molecular complexity index is 1300. The molecule has 4 aromatic rings. The number of piperidine rings is 1. The first-order chi connectivity index (χ1) is 16.5. The fraction of sp³-hybridized carbons (Fsp3) is 0.231. The fourth-order valence-corrected chi connectivity index (χ4v) is 4.18. The third kappa shape index (κ3) is 4.87. The standard InChI is InChI=1S/C26H26FN5O2/c1-32-14-4-5-20(16-32)34-19-11-8-17(9-12-19)26(33)29-25-21-13-10-18(15-24(21)30-31-25)28-23-7-3-2-6-22(23)27/h2-3,6-13,15,20,28H,4-5,14,16H2,1H3,(H2,29,30,31,33)/t20-/m1/s1. The molecule has 1 saturated heterocycles. The second kappa shape index (κ2) is 9.52. The van der Waals surface area contributed by atoms with Crippen molar-refractivity contribution in [3.63, 3.8) is 0 Å². The average molecular weight is 460 g/mol. The van der Waals surface area contributed by atoms with Crippen molar-refractivity contribution in [3.8, 4) is 5.75 Å². The van der Waals surface area contributed by atoms with Gasteiger partial charge in [-0.1, -0.05) is 12.1 Å². The lowest BCUT2D eigenvalue weighted by Crippen LogP contribution is -2.38. The molecule has 3 aromatic carbocycles. The Kier molecular flexibility index (Phi) is 6.14. The largest absolute Gasteiger partial charge is 0.489 e. The third-order valence-corrected chi connectivity index (χ3v) is 5.95. The van der Waals surface area contributed by atoms with Crippen LogP contribution in [0.15, 0.2) is 66.7 Å². The van der Waals surface area contributed by atoms with Crippen LogP contribution in [0.5, 0.6) is 5.75 Å². The summed E-state index contributed by atoms with van der Waals surface area (Å²) in [4.78, 5) is 15.0. The molecule has 1 atom stereocenters. The summed E-state index contributed by atoms with van der Waals surface area (Å²) in [6.07, 6.45) is 2.34. The Labute approximate surface area is 196 Å². The number of nitrogens with zero attached hydrogens (tertiary/aromatic N) is 2. The maximum atomic E-state index is 13.9. The van der Waals surface area contributed by atoms with E-state index in [0.717, 1.165) is 42.6 Å². The summed E-state index contributed by atoms with van der Waals surface area (Å²) in [7, 11) is 2.10. The quantitative estimate of drug-likeness (QED) is 0.371. The number of hydrogen-bond donors (Lipinski definition) is 3. The van der Waals surface area contributed by atoms with E-state index in [1.807, 2.05) is 30.3 Å².